The quantitative estimate of drug-likeness (QED) is 0.536. The second kappa shape index (κ2) is 9.80. The van der Waals surface area contributed by atoms with Crippen molar-refractivity contribution in [2.24, 2.45) is 0 Å². The number of nitrogens with one attached hydrogen (secondary N) is 1. The lowest BCUT2D eigenvalue weighted by Gasteiger charge is -2.35. The van der Waals surface area contributed by atoms with E-state index in [1.54, 1.807) is 11.8 Å². The molecule has 0 spiro atoms. The number of nitro groups is 1. The van der Waals surface area contributed by atoms with Crippen molar-refractivity contribution in [3.63, 3.8) is 0 Å². The Balaban J connectivity index is 1.40. The monoisotopic (exact) mass is 403 g/mol. The molecule has 1 N–H and O–H groups in total. The van der Waals surface area contributed by atoms with E-state index in [1.165, 1.54) is 44.1 Å². The minimum Gasteiger partial charge on any atom is -0.343 e. The molecule has 2 heterocycles. The zero-order chi connectivity index (χ0) is 20.8. The number of nitro benzene ring substituents is 1. The summed E-state index contributed by atoms with van der Waals surface area (Å²) in [5.74, 6) is -0.503. The molecule has 29 heavy (non-hydrogen) atoms. The predicted octanol–water partition coefficient (Wildman–Crippen LogP) is 0.873. The van der Waals surface area contributed by atoms with E-state index in [1.807, 2.05) is 0 Å². The third-order valence-corrected chi connectivity index (χ3v) is 5.71. The van der Waals surface area contributed by atoms with Gasteiger partial charge in [-0.15, -0.1) is 0 Å². The molecule has 3 rings (SSSR count). The number of hydrogen-bond acceptors (Lipinski definition) is 6. The fourth-order valence-electron chi connectivity index (χ4n) is 3.88. The van der Waals surface area contributed by atoms with Gasteiger partial charge in [-0.25, -0.2) is 0 Å². The highest BCUT2D eigenvalue weighted by Crippen LogP contribution is 2.18. The summed E-state index contributed by atoms with van der Waals surface area (Å²) < 4.78 is 0. The summed E-state index contributed by atoms with van der Waals surface area (Å²) in [5, 5.41) is 13.5. The lowest BCUT2D eigenvalue weighted by molar-refractivity contribution is -0.385. The molecule has 0 aromatic heterocycles. The van der Waals surface area contributed by atoms with E-state index >= 15 is 0 Å². The Hall–Kier alpha value is -2.52. The molecule has 2 fully saturated rings. The molecule has 0 atom stereocenters. The Morgan fingerprint density at radius 2 is 1.66 bits per heavy atom. The second-order valence-corrected chi connectivity index (χ2v) is 7.71. The molecule has 0 saturated carbocycles. The van der Waals surface area contributed by atoms with Crippen molar-refractivity contribution in [3.8, 4) is 0 Å². The Labute approximate surface area is 170 Å². The van der Waals surface area contributed by atoms with Crippen LogP contribution >= 0.6 is 0 Å². The van der Waals surface area contributed by atoms with Gasteiger partial charge in [0.25, 0.3) is 11.6 Å². The van der Waals surface area contributed by atoms with Gasteiger partial charge in [0, 0.05) is 56.5 Å². The summed E-state index contributed by atoms with van der Waals surface area (Å²) in [5.41, 5.74) is 0.701. The standard InChI is InChI=1S/C20H29N5O4/c1-16-14-17(4-5-18(16)25(28)29)20(27)21-15-19(26)24-12-10-23(11-13-24)9-8-22-6-2-3-7-22/h4-5,14H,2-3,6-13,15H2,1H3,(H,21,27). The highest BCUT2D eigenvalue weighted by atomic mass is 16.6. The van der Waals surface area contributed by atoms with Gasteiger partial charge in [0.2, 0.25) is 5.91 Å². The predicted molar refractivity (Wildman–Crippen MR) is 109 cm³/mol. The van der Waals surface area contributed by atoms with Crippen LogP contribution in [0, 0.1) is 17.0 Å². The van der Waals surface area contributed by atoms with Gasteiger partial charge in [-0.2, -0.15) is 0 Å². The van der Waals surface area contributed by atoms with Crippen molar-refractivity contribution in [2.75, 3.05) is 58.9 Å². The SMILES string of the molecule is Cc1cc(C(=O)NCC(=O)N2CCN(CCN3CCCC3)CC2)ccc1[N+](=O)[O-]. The summed E-state index contributed by atoms with van der Waals surface area (Å²) in [6, 6.07) is 4.19. The minimum absolute atomic E-state index is 0.0276. The van der Waals surface area contributed by atoms with Gasteiger partial charge in [0.15, 0.2) is 0 Å². The maximum Gasteiger partial charge on any atom is 0.272 e. The van der Waals surface area contributed by atoms with Crippen LogP contribution < -0.4 is 5.32 Å². The molecule has 2 amide bonds. The smallest absolute Gasteiger partial charge is 0.272 e. The molecule has 2 aliphatic rings. The van der Waals surface area contributed by atoms with E-state index < -0.39 is 10.8 Å². The molecule has 9 heteroatoms. The summed E-state index contributed by atoms with van der Waals surface area (Å²) in [6.07, 6.45) is 2.60. The summed E-state index contributed by atoms with van der Waals surface area (Å²) in [7, 11) is 0. The molecule has 0 bridgehead atoms. The first-order valence-corrected chi connectivity index (χ1v) is 10.2. The molecule has 0 aliphatic carbocycles. The van der Waals surface area contributed by atoms with Gasteiger partial charge in [0.05, 0.1) is 11.5 Å². The number of rotatable bonds is 7. The van der Waals surface area contributed by atoms with Crippen molar-refractivity contribution < 1.29 is 14.5 Å². The number of carbonyl (C=O) groups excluding carboxylic acids is 2. The maximum absolute atomic E-state index is 12.4. The Bertz CT molecular complexity index is 755. The van der Waals surface area contributed by atoms with Crippen LogP contribution in [-0.4, -0.2) is 90.3 Å². The van der Waals surface area contributed by atoms with Gasteiger partial charge >= 0.3 is 0 Å². The van der Waals surface area contributed by atoms with E-state index in [-0.39, 0.29) is 18.1 Å². The van der Waals surface area contributed by atoms with Gasteiger partial charge in [-0.1, -0.05) is 0 Å². The van der Waals surface area contributed by atoms with Gasteiger partial charge in [0.1, 0.15) is 0 Å². The first kappa shape index (κ1) is 21.2. The lowest BCUT2D eigenvalue weighted by Crippen LogP contribution is -2.52. The number of aryl methyl sites for hydroxylation is 1. The summed E-state index contributed by atoms with van der Waals surface area (Å²) in [4.78, 5) is 41.7. The molecule has 0 unspecified atom stereocenters. The van der Waals surface area contributed by atoms with Crippen LogP contribution in [0.2, 0.25) is 0 Å². The fraction of sp³-hybridized carbons (Fsp3) is 0.600. The largest absolute Gasteiger partial charge is 0.343 e. The first-order chi connectivity index (χ1) is 13.9. The number of piperazine rings is 1. The molecule has 9 nitrogen and oxygen atoms in total. The van der Waals surface area contributed by atoms with Gasteiger partial charge in [-0.05, 0) is 45.0 Å². The lowest BCUT2D eigenvalue weighted by atomic mass is 10.1. The number of carbonyl (C=O) groups is 2. The highest BCUT2D eigenvalue weighted by molar-refractivity contribution is 5.96. The summed E-state index contributed by atoms with van der Waals surface area (Å²) in [6.45, 7) is 9.11. The normalized spacial score (nSPS) is 18.0. The van der Waals surface area contributed by atoms with E-state index in [0.717, 1.165) is 26.2 Å². The average molecular weight is 403 g/mol. The third kappa shape index (κ3) is 5.74. The molecule has 1 aromatic rings. The van der Waals surface area contributed by atoms with Crippen LogP contribution in [0.3, 0.4) is 0 Å². The minimum atomic E-state index is -0.481. The van der Waals surface area contributed by atoms with E-state index in [0.29, 0.717) is 24.2 Å². The Morgan fingerprint density at radius 3 is 2.24 bits per heavy atom. The molecular formula is C20H29N5O4. The zero-order valence-corrected chi connectivity index (χ0v) is 16.9. The van der Waals surface area contributed by atoms with Crippen LogP contribution in [0.4, 0.5) is 5.69 Å². The Kier molecular flexibility index (Phi) is 7.16. The number of likely N-dealkylation sites (tertiary alicyclic amines) is 1. The van der Waals surface area contributed by atoms with E-state index in [2.05, 4.69) is 15.1 Å². The molecule has 158 valence electrons. The number of amides is 2. The van der Waals surface area contributed by atoms with Crippen LogP contribution in [-0.2, 0) is 4.79 Å². The highest BCUT2D eigenvalue weighted by Gasteiger charge is 2.22. The maximum atomic E-state index is 12.4. The second-order valence-electron chi connectivity index (χ2n) is 7.71. The molecular weight excluding hydrogens is 374 g/mol. The van der Waals surface area contributed by atoms with Crippen LogP contribution in [0.1, 0.15) is 28.8 Å². The fourth-order valence-corrected chi connectivity index (χ4v) is 3.88. The van der Waals surface area contributed by atoms with Crippen molar-refractivity contribution >= 4 is 17.5 Å². The number of nitrogens with zero attached hydrogens (tertiary/aromatic N) is 4. The van der Waals surface area contributed by atoms with Crippen LogP contribution in [0.15, 0.2) is 18.2 Å². The van der Waals surface area contributed by atoms with Crippen molar-refractivity contribution in [3.05, 3.63) is 39.4 Å². The van der Waals surface area contributed by atoms with E-state index in [4.69, 9.17) is 0 Å². The first-order valence-electron chi connectivity index (χ1n) is 10.2. The van der Waals surface area contributed by atoms with Crippen molar-refractivity contribution in [1.29, 1.82) is 0 Å². The molecule has 2 saturated heterocycles. The van der Waals surface area contributed by atoms with Gasteiger partial charge in [-0.3, -0.25) is 24.6 Å². The van der Waals surface area contributed by atoms with Crippen molar-refractivity contribution in [2.45, 2.75) is 19.8 Å². The molecule has 2 aliphatic heterocycles. The molecule has 1 aromatic carbocycles. The third-order valence-electron chi connectivity index (χ3n) is 5.71. The zero-order valence-electron chi connectivity index (χ0n) is 16.9. The molecule has 0 radical (unpaired) electrons. The van der Waals surface area contributed by atoms with Gasteiger partial charge < -0.3 is 15.1 Å². The topological polar surface area (TPSA) is 99.0 Å². The number of benzene rings is 1. The van der Waals surface area contributed by atoms with Crippen molar-refractivity contribution in [1.82, 2.24) is 20.0 Å². The van der Waals surface area contributed by atoms with Crippen LogP contribution in [0.5, 0.6) is 0 Å². The number of hydrogen-bond donors (Lipinski definition) is 1. The summed E-state index contributed by atoms with van der Waals surface area (Å²) >= 11 is 0. The van der Waals surface area contributed by atoms with E-state index in [9.17, 15) is 19.7 Å². The Morgan fingerprint density at radius 1 is 1.03 bits per heavy atom. The van der Waals surface area contributed by atoms with Crippen LogP contribution in [0.25, 0.3) is 0 Å². The average Bonchev–Trinajstić information content (AvgIpc) is 3.24.